The molecule has 0 radical (unpaired) electrons. The summed E-state index contributed by atoms with van der Waals surface area (Å²) in [5.74, 6) is 0.129. The fourth-order valence-electron chi connectivity index (χ4n) is 3.61. The van der Waals surface area contributed by atoms with Gasteiger partial charge in [-0.05, 0) is 25.3 Å². The number of alkyl halides is 3. The van der Waals surface area contributed by atoms with Gasteiger partial charge in [0.15, 0.2) is 0 Å². The summed E-state index contributed by atoms with van der Waals surface area (Å²) in [5, 5.41) is 7.15. The van der Waals surface area contributed by atoms with Crippen molar-refractivity contribution in [2.45, 2.75) is 38.0 Å². The minimum Gasteiger partial charge on any atom is -0.353 e. The van der Waals surface area contributed by atoms with Gasteiger partial charge in [-0.15, -0.1) is 0 Å². The summed E-state index contributed by atoms with van der Waals surface area (Å²) < 4.78 is 40.1. The number of aryl methyl sites for hydroxylation is 1. The number of carbonyl (C=O) groups excluding carboxylic acids is 1. The van der Waals surface area contributed by atoms with Crippen LogP contribution >= 0.6 is 11.6 Å². The Bertz CT molecular complexity index is 882. The molecule has 4 rings (SSSR count). The lowest BCUT2D eigenvalue weighted by molar-refractivity contribution is -0.137. The van der Waals surface area contributed by atoms with Crippen LogP contribution < -0.4 is 10.2 Å². The summed E-state index contributed by atoms with van der Waals surface area (Å²) in [6.07, 6.45) is 0.369. The molecule has 4 heterocycles. The molecule has 1 atom stereocenters. The maximum atomic E-state index is 12.7. The minimum absolute atomic E-state index is 0.0498. The van der Waals surface area contributed by atoms with E-state index in [4.69, 9.17) is 11.6 Å². The highest BCUT2D eigenvalue weighted by atomic mass is 35.5. The van der Waals surface area contributed by atoms with Crippen molar-refractivity contribution < 1.29 is 18.0 Å². The van der Waals surface area contributed by atoms with Crippen LogP contribution in [0.4, 0.5) is 19.0 Å². The Morgan fingerprint density at radius 3 is 2.85 bits per heavy atom. The smallest absolute Gasteiger partial charge is 0.353 e. The molecule has 10 heteroatoms. The molecule has 6 nitrogen and oxygen atoms in total. The van der Waals surface area contributed by atoms with Crippen LogP contribution in [0.15, 0.2) is 18.5 Å². The number of pyridine rings is 1. The van der Waals surface area contributed by atoms with Gasteiger partial charge in [-0.1, -0.05) is 11.6 Å². The van der Waals surface area contributed by atoms with Gasteiger partial charge in [0.25, 0.3) is 5.91 Å². The van der Waals surface area contributed by atoms with Crippen LogP contribution in [0.5, 0.6) is 0 Å². The maximum absolute atomic E-state index is 12.7. The Balaban J connectivity index is 1.42. The van der Waals surface area contributed by atoms with Crippen LogP contribution in [0.3, 0.4) is 0 Å². The lowest BCUT2D eigenvalue weighted by Crippen LogP contribution is -2.37. The van der Waals surface area contributed by atoms with Crippen LogP contribution in [-0.2, 0) is 19.1 Å². The zero-order valence-corrected chi connectivity index (χ0v) is 15.0. The molecule has 2 aliphatic rings. The first-order valence-corrected chi connectivity index (χ1v) is 9.04. The fourth-order valence-corrected chi connectivity index (χ4v) is 3.89. The van der Waals surface area contributed by atoms with Gasteiger partial charge in [0, 0.05) is 31.9 Å². The molecule has 2 aromatic heterocycles. The Labute approximate surface area is 158 Å². The number of nitrogens with zero attached hydrogens (tertiary/aromatic N) is 4. The van der Waals surface area contributed by atoms with Crippen molar-refractivity contribution in [3.8, 4) is 0 Å². The van der Waals surface area contributed by atoms with Crippen LogP contribution in [0.1, 0.15) is 34.5 Å². The number of hydrogen-bond donors (Lipinski definition) is 1. The van der Waals surface area contributed by atoms with E-state index in [1.807, 2.05) is 4.68 Å². The summed E-state index contributed by atoms with van der Waals surface area (Å²) in [6.45, 7) is 1.82. The largest absolute Gasteiger partial charge is 0.417 e. The van der Waals surface area contributed by atoms with Gasteiger partial charge in [0.05, 0.1) is 28.0 Å². The summed E-state index contributed by atoms with van der Waals surface area (Å²) in [7, 11) is 0. The average Bonchev–Trinajstić information content (AvgIpc) is 3.29. The van der Waals surface area contributed by atoms with E-state index in [0.717, 1.165) is 37.3 Å². The van der Waals surface area contributed by atoms with Crippen LogP contribution in [0, 0.1) is 0 Å². The topological polar surface area (TPSA) is 63.1 Å². The molecule has 144 valence electrons. The zero-order valence-electron chi connectivity index (χ0n) is 14.3. The maximum Gasteiger partial charge on any atom is 0.417 e. The summed E-state index contributed by atoms with van der Waals surface area (Å²) in [4.78, 5) is 18.2. The first-order valence-electron chi connectivity index (χ1n) is 8.66. The van der Waals surface area contributed by atoms with Crippen molar-refractivity contribution in [1.82, 2.24) is 20.1 Å². The van der Waals surface area contributed by atoms with Crippen LogP contribution in [-0.4, -0.2) is 39.8 Å². The highest BCUT2D eigenvalue weighted by Gasteiger charge is 2.33. The van der Waals surface area contributed by atoms with E-state index in [2.05, 4.69) is 15.4 Å². The molecular weight excluding hydrogens is 383 g/mol. The van der Waals surface area contributed by atoms with Crippen molar-refractivity contribution in [3.63, 3.8) is 0 Å². The summed E-state index contributed by atoms with van der Waals surface area (Å²) in [5.41, 5.74) is 0.668. The monoisotopic (exact) mass is 399 g/mol. The molecule has 27 heavy (non-hydrogen) atoms. The molecule has 0 aliphatic carbocycles. The highest BCUT2D eigenvalue weighted by molar-refractivity contribution is 6.33. The van der Waals surface area contributed by atoms with Gasteiger partial charge in [0.1, 0.15) is 5.82 Å². The Morgan fingerprint density at radius 2 is 2.11 bits per heavy atom. The fraction of sp³-hybridized carbons (Fsp3) is 0.471. The van der Waals surface area contributed by atoms with E-state index < -0.39 is 11.7 Å². The summed E-state index contributed by atoms with van der Waals surface area (Å²) in [6, 6.07) is 0.751. The van der Waals surface area contributed by atoms with Gasteiger partial charge in [0.2, 0.25) is 0 Å². The Kier molecular flexibility index (Phi) is 4.49. The molecule has 2 aromatic rings. The number of rotatable bonds is 3. The third kappa shape index (κ3) is 3.47. The van der Waals surface area contributed by atoms with Crippen molar-refractivity contribution in [3.05, 3.63) is 40.3 Å². The average molecular weight is 400 g/mol. The van der Waals surface area contributed by atoms with Gasteiger partial charge >= 0.3 is 6.18 Å². The standard InChI is InChI=1S/C17H17ClF3N5O/c18-13-6-10(17(19,20)21)7-22-15(13)25-5-3-11(9-25)24-16(27)12-8-23-26-4-1-2-14(12)26/h6-8,11H,1-5,9H2,(H,24,27). The minimum atomic E-state index is -4.48. The van der Waals surface area contributed by atoms with E-state index in [0.29, 0.717) is 30.9 Å². The quantitative estimate of drug-likeness (QED) is 0.862. The molecule has 1 N–H and O–H groups in total. The van der Waals surface area contributed by atoms with Crippen LogP contribution in [0.2, 0.25) is 5.02 Å². The van der Waals surface area contributed by atoms with Gasteiger partial charge in [-0.3, -0.25) is 9.48 Å². The van der Waals surface area contributed by atoms with Gasteiger partial charge < -0.3 is 10.2 Å². The first kappa shape index (κ1) is 18.1. The molecule has 1 amide bonds. The van der Waals surface area contributed by atoms with Crippen molar-refractivity contribution in [2.24, 2.45) is 0 Å². The number of carbonyl (C=O) groups is 1. The van der Waals surface area contributed by atoms with E-state index in [1.54, 1.807) is 11.1 Å². The number of nitrogens with one attached hydrogen (secondary N) is 1. The van der Waals surface area contributed by atoms with Gasteiger partial charge in [-0.25, -0.2) is 4.98 Å². The number of hydrogen-bond acceptors (Lipinski definition) is 4. The second-order valence-electron chi connectivity index (χ2n) is 6.76. The molecule has 0 bridgehead atoms. The Morgan fingerprint density at radius 1 is 1.30 bits per heavy atom. The van der Waals surface area contributed by atoms with Crippen molar-refractivity contribution in [1.29, 1.82) is 0 Å². The van der Waals surface area contributed by atoms with Crippen molar-refractivity contribution in [2.75, 3.05) is 18.0 Å². The number of fused-ring (bicyclic) bond motifs is 1. The lowest BCUT2D eigenvalue weighted by atomic mass is 10.1. The first-order chi connectivity index (χ1) is 12.8. The molecule has 1 saturated heterocycles. The second kappa shape index (κ2) is 6.70. The highest BCUT2D eigenvalue weighted by Crippen LogP contribution is 2.34. The van der Waals surface area contributed by atoms with E-state index in [-0.39, 0.29) is 17.0 Å². The number of anilines is 1. The van der Waals surface area contributed by atoms with E-state index >= 15 is 0 Å². The third-order valence-electron chi connectivity index (χ3n) is 4.95. The molecule has 1 unspecified atom stereocenters. The Hall–Kier alpha value is -2.29. The van der Waals surface area contributed by atoms with Crippen LogP contribution in [0.25, 0.3) is 0 Å². The van der Waals surface area contributed by atoms with E-state index in [9.17, 15) is 18.0 Å². The zero-order chi connectivity index (χ0) is 19.2. The van der Waals surface area contributed by atoms with Gasteiger partial charge in [-0.2, -0.15) is 18.3 Å². The van der Waals surface area contributed by atoms with E-state index in [1.165, 1.54) is 0 Å². The number of halogens is 4. The second-order valence-corrected chi connectivity index (χ2v) is 7.17. The van der Waals surface area contributed by atoms with Crippen molar-refractivity contribution >= 4 is 23.3 Å². The number of aromatic nitrogens is 3. The normalized spacial score (nSPS) is 19.4. The summed E-state index contributed by atoms with van der Waals surface area (Å²) >= 11 is 6.01. The molecule has 0 aromatic carbocycles. The predicted molar refractivity (Wildman–Crippen MR) is 92.9 cm³/mol. The SMILES string of the molecule is O=C(NC1CCN(c2ncc(C(F)(F)F)cc2Cl)C1)c1cnn2c1CCC2. The lowest BCUT2D eigenvalue weighted by Gasteiger charge is -2.20. The molecule has 1 fully saturated rings. The predicted octanol–water partition coefficient (Wildman–Crippen LogP) is 2.91. The number of amides is 1. The molecule has 0 saturated carbocycles. The molecule has 2 aliphatic heterocycles. The third-order valence-corrected chi connectivity index (χ3v) is 5.23. The molecule has 0 spiro atoms. The molecular formula is C17H17ClF3N5O.